The van der Waals surface area contributed by atoms with Gasteiger partial charge in [0.2, 0.25) is 0 Å². The molecule has 2 aromatic rings. The molecule has 0 saturated heterocycles. The van der Waals surface area contributed by atoms with Gasteiger partial charge in [-0.3, -0.25) is 0 Å². The number of aromatic carboxylic acids is 1. The van der Waals surface area contributed by atoms with E-state index in [1.807, 2.05) is 0 Å². The first-order chi connectivity index (χ1) is 7.16. The molecule has 0 atom stereocenters. The summed E-state index contributed by atoms with van der Waals surface area (Å²) in [5, 5.41) is 10.4. The Labute approximate surface area is 90.3 Å². The second kappa shape index (κ2) is 3.78. The molecule has 0 aliphatic heterocycles. The minimum absolute atomic E-state index is 0.297. The number of carboxylic acid groups (broad SMARTS) is 1. The Kier molecular flexibility index (Phi) is 2.47. The van der Waals surface area contributed by atoms with Crippen LogP contribution in [0.2, 0.25) is 0 Å². The van der Waals surface area contributed by atoms with Crippen LogP contribution in [0, 0.1) is 6.92 Å². The van der Waals surface area contributed by atoms with Crippen molar-refractivity contribution in [2.75, 3.05) is 0 Å². The quantitative estimate of drug-likeness (QED) is 0.842. The molecule has 76 valence electrons. The second-order valence-corrected chi connectivity index (χ2v) is 3.91. The lowest BCUT2D eigenvalue weighted by atomic mass is 10.2. The zero-order valence-corrected chi connectivity index (χ0v) is 8.78. The Bertz CT molecular complexity index is 508. The van der Waals surface area contributed by atoms with Gasteiger partial charge in [-0.05, 0) is 19.1 Å². The van der Waals surface area contributed by atoms with Gasteiger partial charge >= 0.3 is 5.97 Å². The Morgan fingerprint density at radius 2 is 2.33 bits per heavy atom. The maximum Gasteiger partial charge on any atom is 0.336 e. The molecule has 0 unspecified atom stereocenters. The fraction of sp³-hybridized carbons (Fsp3) is 0.100. The van der Waals surface area contributed by atoms with Gasteiger partial charge < -0.3 is 5.11 Å². The Morgan fingerprint density at radius 3 is 2.93 bits per heavy atom. The van der Waals surface area contributed by atoms with Gasteiger partial charge in [-0.15, -0.1) is 11.3 Å². The van der Waals surface area contributed by atoms with E-state index in [9.17, 15) is 4.79 Å². The minimum atomic E-state index is -0.914. The van der Waals surface area contributed by atoms with Crippen molar-refractivity contribution in [3.63, 3.8) is 0 Å². The van der Waals surface area contributed by atoms with Crippen LogP contribution >= 0.6 is 11.3 Å². The lowest BCUT2D eigenvalue weighted by Crippen LogP contribution is -1.92. The molecule has 0 amide bonds. The predicted octanol–water partition coefficient (Wildman–Crippen LogP) is 2.21. The standard InChI is InChI=1S/C10H8N2O2S/c1-6-11-3-2-8(12-6)9-4-7(5-15-9)10(13)14/h2-5H,1H3,(H,13,14). The number of carbonyl (C=O) groups is 1. The zero-order valence-electron chi connectivity index (χ0n) is 7.97. The Balaban J connectivity index is 2.41. The molecular weight excluding hydrogens is 212 g/mol. The van der Waals surface area contributed by atoms with Gasteiger partial charge in [-0.1, -0.05) is 0 Å². The number of hydrogen-bond donors (Lipinski definition) is 1. The van der Waals surface area contributed by atoms with E-state index in [-0.39, 0.29) is 0 Å². The van der Waals surface area contributed by atoms with Crippen molar-refractivity contribution in [3.05, 3.63) is 35.1 Å². The SMILES string of the molecule is Cc1nccc(-c2cc(C(=O)O)cs2)n1. The highest BCUT2D eigenvalue weighted by molar-refractivity contribution is 7.13. The van der Waals surface area contributed by atoms with E-state index in [2.05, 4.69) is 9.97 Å². The van der Waals surface area contributed by atoms with Crippen molar-refractivity contribution in [1.82, 2.24) is 9.97 Å². The number of nitrogens with zero attached hydrogens (tertiary/aromatic N) is 2. The first-order valence-corrected chi connectivity index (χ1v) is 5.16. The third kappa shape index (κ3) is 2.02. The van der Waals surface area contributed by atoms with E-state index in [4.69, 9.17) is 5.11 Å². The van der Waals surface area contributed by atoms with E-state index < -0.39 is 5.97 Å². The third-order valence-corrected chi connectivity index (χ3v) is 2.83. The second-order valence-electron chi connectivity index (χ2n) is 2.99. The number of aryl methyl sites for hydroxylation is 1. The lowest BCUT2D eigenvalue weighted by molar-refractivity contribution is 0.0697. The summed E-state index contributed by atoms with van der Waals surface area (Å²) in [6, 6.07) is 3.39. The van der Waals surface area contributed by atoms with E-state index in [0.29, 0.717) is 11.4 Å². The maximum absolute atomic E-state index is 10.7. The molecule has 2 rings (SSSR count). The van der Waals surface area contributed by atoms with Crippen LogP contribution in [0.25, 0.3) is 10.6 Å². The average Bonchev–Trinajstić information content (AvgIpc) is 2.66. The van der Waals surface area contributed by atoms with E-state index in [0.717, 1.165) is 10.6 Å². The maximum atomic E-state index is 10.7. The summed E-state index contributed by atoms with van der Waals surface area (Å²) in [4.78, 5) is 19.7. The van der Waals surface area contributed by atoms with Gasteiger partial charge in [0.15, 0.2) is 0 Å². The number of rotatable bonds is 2. The largest absolute Gasteiger partial charge is 0.478 e. The topological polar surface area (TPSA) is 63.1 Å². The number of carboxylic acids is 1. The van der Waals surface area contributed by atoms with Crippen LogP contribution in [-0.2, 0) is 0 Å². The van der Waals surface area contributed by atoms with E-state index in [1.165, 1.54) is 11.3 Å². The molecule has 5 heteroatoms. The van der Waals surface area contributed by atoms with Crippen LogP contribution < -0.4 is 0 Å². The fourth-order valence-electron chi connectivity index (χ4n) is 1.18. The number of hydrogen-bond acceptors (Lipinski definition) is 4. The molecular formula is C10H8N2O2S. The van der Waals surface area contributed by atoms with Crippen LogP contribution in [0.1, 0.15) is 16.2 Å². The normalized spacial score (nSPS) is 10.2. The minimum Gasteiger partial charge on any atom is -0.478 e. The first-order valence-electron chi connectivity index (χ1n) is 4.28. The molecule has 0 aromatic carbocycles. The summed E-state index contributed by atoms with van der Waals surface area (Å²) in [6.45, 7) is 1.80. The summed E-state index contributed by atoms with van der Waals surface area (Å²) in [5.41, 5.74) is 1.06. The van der Waals surface area contributed by atoms with E-state index >= 15 is 0 Å². The summed E-state index contributed by atoms with van der Waals surface area (Å²) in [5.74, 6) is -0.235. The highest BCUT2D eigenvalue weighted by Crippen LogP contribution is 2.25. The van der Waals surface area contributed by atoms with Crippen LogP contribution in [0.15, 0.2) is 23.7 Å². The molecule has 0 aliphatic rings. The molecule has 15 heavy (non-hydrogen) atoms. The van der Waals surface area contributed by atoms with Crippen LogP contribution in [-0.4, -0.2) is 21.0 Å². The molecule has 0 bridgehead atoms. The Morgan fingerprint density at radius 1 is 1.53 bits per heavy atom. The van der Waals surface area contributed by atoms with Gasteiger partial charge in [0, 0.05) is 11.6 Å². The molecule has 0 radical (unpaired) electrons. The molecule has 0 saturated carbocycles. The molecule has 1 N–H and O–H groups in total. The highest BCUT2D eigenvalue weighted by atomic mass is 32.1. The molecule has 2 aromatic heterocycles. The van der Waals surface area contributed by atoms with Crippen molar-refractivity contribution in [2.24, 2.45) is 0 Å². The number of aromatic nitrogens is 2. The predicted molar refractivity (Wildman–Crippen MR) is 57.0 cm³/mol. The van der Waals surface area contributed by atoms with Gasteiger partial charge in [-0.25, -0.2) is 14.8 Å². The zero-order chi connectivity index (χ0) is 10.8. The summed E-state index contributed by atoms with van der Waals surface area (Å²) in [7, 11) is 0. The molecule has 0 fully saturated rings. The van der Waals surface area contributed by atoms with Gasteiger partial charge in [0.1, 0.15) is 5.82 Å². The van der Waals surface area contributed by atoms with E-state index in [1.54, 1.807) is 30.6 Å². The van der Waals surface area contributed by atoms with Crippen molar-refractivity contribution in [3.8, 4) is 10.6 Å². The first kappa shape index (κ1) is 9.79. The third-order valence-electron chi connectivity index (χ3n) is 1.87. The van der Waals surface area contributed by atoms with Gasteiger partial charge in [0.25, 0.3) is 0 Å². The highest BCUT2D eigenvalue weighted by Gasteiger charge is 2.08. The molecule has 0 aliphatic carbocycles. The van der Waals surface area contributed by atoms with Crippen LogP contribution in [0.5, 0.6) is 0 Å². The average molecular weight is 220 g/mol. The summed E-state index contributed by atoms with van der Waals surface area (Å²) in [6.07, 6.45) is 1.66. The molecule has 4 nitrogen and oxygen atoms in total. The van der Waals surface area contributed by atoms with Crippen molar-refractivity contribution in [2.45, 2.75) is 6.92 Å². The van der Waals surface area contributed by atoms with Crippen molar-refractivity contribution in [1.29, 1.82) is 0 Å². The van der Waals surface area contributed by atoms with Crippen LogP contribution in [0.3, 0.4) is 0 Å². The summed E-state index contributed by atoms with van der Waals surface area (Å²) >= 11 is 1.37. The fourth-order valence-corrected chi connectivity index (χ4v) is 2.03. The van der Waals surface area contributed by atoms with Crippen molar-refractivity contribution < 1.29 is 9.90 Å². The lowest BCUT2D eigenvalue weighted by Gasteiger charge is -1.96. The van der Waals surface area contributed by atoms with Crippen LogP contribution in [0.4, 0.5) is 0 Å². The van der Waals surface area contributed by atoms with Crippen molar-refractivity contribution >= 4 is 17.3 Å². The Hall–Kier alpha value is -1.75. The molecule has 2 heterocycles. The smallest absolute Gasteiger partial charge is 0.336 e. The summed E-state index contributed by atoms with van der Waals surface area (Å²) < 4.78 is 0. The van der Waals surface area contributed by atoms with Gasteiger partial charge in [0.05, 0.1) is 16.1 Å². The number of thiophene rings is 1. The monoisotopic (exact) mass is 220 g/mol. The van der Waals surface area contributed by atoms with Gasteiger partial charge in [-0.2, -0.15) is 0 Å². The molecule has 0 spiro atoms.